The lowest BCUT2D eigenvalue weighted by molar-refractivity contribution is -0.132. The van der Waals surface area contributed by atoms with Gasteiger partial charge >= 0.3 is 5.97 Å². The first-order valence-corrected chi connectivity index (χ1v) is 10.8. The van der Waals surface area contributed by atoms with E-state index < -0.39 is 11.9 Å². The molecule has 0 aromatic heterocycles. The molecule has 0 bridgehead atoms. The summed E-state index contributed by atoms with van der Waals surface area (Å²) in [6.07, 6.45) is 2.02. The van der Waals surface area contributed by atoms with Gasteiger partial charge in [0.1, 0.15) is 5.70 Å². The van der Waals surface area contributed by atoms with E-state index in [2.05, 4.69) is 5.32 Å². The van der Waals surface area contributed by atoms with Crippen LogP contribution in [0.1, 0.15) is 28.4 Å². The number of ether oxygens (including phenoxy) is 2. The van der Waals surface area contributed by atoms with Gasteiger partial charge in [-0.05, 0) is 48.4 Å². The molecule has 2 N–H and O–H groups in total. The van der Waals surface area contributed by atoms with Crippen molar-refractivity contribution >= 4 is 29.6 Å². The number of aliphatic carboxylic acids is 1. The number of benzene rings is 3. The topological polar surface area (TPSA) is 84.9 Å². The van der Waals surface area contributed by atoms with E-state index >= 15 is 0 Å². The van der Waals surface area contributed by atoms with Crippen LogP contribution < -0.4 is 14.8 Å². The second-order valence-corrected chi connectivity index (χ2v) is 7.44. The maximum Gasteiger partial charge on any atom is 0.352 e. The monoisotopic (exact) mass is 465 g/mol. The first kappa shape index (κ1) is 23.9. The summed E-state index contributed by atoms with van der Waals surface area (Å²) in [5.41, 5.74) is 1.64. The fourth-order valence-corrected chi connectivity index (χ4v) is 3.37. The molecule has 0 radical (unpaired) electrons. The molecule has 0 unspecified atom stereocenters. The molecular weight excluding hydrogens is 442 g/mol. The molecule has 0 spiro atoms. The Morgan fingerprint density at radius 2 is 1.67 bits per heavy atom. The average molecular weight is 466 g/mol. The number of rotatable bonds is 10. The number of hydrogen-bond acceptors (Lipinski definition) is 4. The number of hydrogen-bond donors (Lipinski definition) is 2. The van der Waals surface area contributed by atoms with Gasteiger partial charge in [-0.15, -0.1) is 0 Å². The zero-order valence-corrected chi connectivity index (χ0v) is 18.8. The highest BCUT2D eigenvalue weighted by Gasteiger charge is 2.16. The van der Waals surface area contributed by atoms with Crippen molar-refractivity contribution in [1.82, 2.24) is 5.32 Å². The zero-order chi connectivity index (χ0) is 23.6. The van der Waals surface area contributed by atoms with Gasteiger partial charge in [-0.3, -0.25) is 4.79 Å². The molecule has 6 nitrogen and oxygen atoms in total. The quantitative estimate of drug-likeness (QED) is 0.401. The molecule has 0 saturated carbocycles. The van der Waals surface area contributed by atoms with Crippen LogP contribution in [-0.2, 0) is 11.2 Å². The molecule has 3 aromatic rings. The summed E-state index contributed by atoms with van der Waals surface area (Å²) in [5, 5.41) is 12.3. The van der Waals surface area contributed by atoms with Gasteiger partial charge in [-0.25, -0.2) is 4.79 Å². The molecule has 3 rings (SSSR count). The van der Waals surface area contributed by atoms with Crippen molar-refractivity contribution in [3.8, 4) is 11.5 Å². The van der Waals surface area contributed by atoms with Crippen molar-refractivity contribution < 1.29 is 24.2 Å². The maximum absolute atomic E-state index is 12.4. The summed E-state index contributed by atoms with van der Waals surface area (Å²) in [4.78, 5) is 24.1. The molecule has 33 heavy (non-hydrogen) atoms. The molecular formula is C26H24ClNO5. The summed E-state index contributed by atoms with van der Waals surface area (Å²) in [6, 6.07) is 21.5. The van der Waals surface area contributed by atoms with Crippen LogP contribution in [0, 0.1) is 0 Å². The van der Waals surface area contributed by atoms with Crippen molar-refractivity contribution in [2.45, 2.75) is 13.3 Å². The lowest BCUT2D eigenvalue weighted by Gasteiger charge is -2.15. The number of carboxylic acids is 1. The van der Waals surface area contributed by atoms with Crippen LogP contribution in [0.25, 0.3) is 6.08 Å². The van der Waals surface area contributed by atoms with E-state index in [1.54, 1.807) is 42.5 Å². The normalized spacial score (nSPS) is 11.0. The van der Waals surface area contributed by atoms with Crippen molar-refractivity contribution in [1.29, 1.82) is 0 Å². The molecule has 0 aliphatic heterocycles. The smallest absolute Gasteiger partial charge is 0.352 e. The lowest BCUT2D eigenvalue weighted by atomic mass is 10.1. The fraction of sp³-hybridized carbons (Fsp3) is 0.154. The molecule has 3 aromatic carbocycles. The molecule has 170 valence electrons. The van der Waals surface area contributed by atoms with E-state index in [0.717, 1.165) is 5.56 Å². The Labute approximate surface area is 197 Å². The molecule has 0 saturated heterocycles. The third kappa shape index (κ3) is 6.85. The van der Waals surface area contributed by atoms with Crippen LogP contribution >= 0.6 is 11.6 Å². The summed E-state index contributed by atoms with van der Waals surface area (Å²) in [7, 11) is 0. The Balaban J connectivity index is 1.81. The van der Waals surface area contributed by atoms with Crippen molar-refractivity contribution in [3.05, 3.63) is 100 Å². The first-order valence-electron chi connectivity index (χ1n) is 10.4. The highest BCUT2D eigenvalue weighted by molar-refractivity contribution is 6.32. The zero-order valence-electron chi connectivity index (χ0n) is 18.1. The molecule has 0 fully saturated rings. The maximum atomic E-state index is 12.4. The lowest BCUT2D eigenvalue weighted by Crippen LogP contribution is -2.27. The van der Waals surface area contributed by atoms with Crippen molar-refractivity contribution in [3.63, 3.8) is 0 Å². The van der Waals surface area contributed by atoms with Gasteiger partial charge < -0.3 is 19.9 Å². The number of carboxylic acid groups (broad SMARTS) is 1. The van der Waals surface area contributed by atoms with Gasteiger partial charge in [0.15, 0.2) is 11.5 Å². The van der Waals surface area contributed by atoms with Gasteiger partial charge in [0, 0.05) is 12.0 Å². The minimum Gasteiger partial charge on any atom is -0.490 e. The van der Waals surface area contributed by atoms with Crippen LogP contribution in [0.15, 0.2) is 78.5 Å². The van der Waals surface area contributed by atoms with Gasteiger partial charge in [0.05, 0.1) is 18.2 Å². The minimum absolute atomic E-state index is 0.277. The SMILES string of the molecule is CCOc1cc(/C=C(/NC(=O)c2ccccc2)C(=O)O)cc(Cl)c1OCCc1ccccc1. The standard InChI is InChI=1S/C26H24ClNO5/c1-2-32-23-17-19(15-21(27)24(23)33-14-13-18-9-5-3-6-10-18)16-22(26(30)31)28-25(29)20-11-7-4-8-12-20/h3-12,15-17H,2,13-14H2,1H3,(H,28,29)(H,30,31)/b22-16+. The minimum atomic E-state index is -1.28. The van der Waals surface area contributed by atoms with Crippen LogP contribution in [0.2, 0.25) is 5.02 Å². The predicted octanol–water partition coefficient (Wildman–Crippen LogP) is 5.22. The Kier molecular flexibility index (Phi) is 8.49. The van der Waals surface area contributed by atoms with Gasteiger partial charge in [-0.1, -0.05) is 60.1 Å². The van der Waals surface area contributed by atoms with Crippen molar-refractivity contribution in [2.24, 2.45) is 0 Å². The highest BCUT2D eigenvalue weighted by atomic mass is 35.5. The molecule has 0 aliphatic carbocycles. The molecule has 0 atom stereocenters. The van der Waals surface area contributed by atoms with E-state index in [1.807, 2.05) is 37.3 Å². The molecule has 1 amide bonds. The summed E-state index contributed by atoms with van der Waals surface area (Å²) in [5.74, 6) is -1.03. The number of halogens is 1. The predicted molar refractivity (Wildman–Crippen MR) is 128 cm³/mol. The number of amides is 1. The van der Waals surface area contributed by atoms with Crippen LogP contribution in [-0.4, -0.2) is 30.2 Å². The van der Waals surface area contributed by atoms with E-state index in [4.69, 9.17) is 21.1 Å². The van der Waals surface area contributed by atoms with Crippen LogP contribution in [0.5, 0.6) is 11.5 Å². The number of nitrogens with one attached hydrogen (secondary N) is 1. The Morgan fingerprint density at radius 3 is 2.30 bits per heavy atom. The van der Waals surface area contributed by atoms with E-state index in [0.29, 0.717) is 42.3 Å². The van der Waals surface area contributed by atoms with Crippen molar-refractivity contribution in [2.75, 3.05) is 13.2 Å². The Hall–Kier alpha value is -3.77. The second-order valence-electron chi connectivity index (χ2n) is 7.03. The van der Waals surface area contributed by atoms with Gasteiger partial charge in [-0.2, -0.15) is 0 Å². The van der Waals surface area contributed by atoms with E-state index in [-0.39, 0.29) is 10.7 Å². The van der Waals surface area contributed by atoms with E-state index in [1.165, 1.54) is 6.08 Å². The van der Waals surface area contributed by atoms with Gasteiger partial charge in [0.2, 0.25) is 0 Å². The molecule has 0 heterocycles. The summed E-state index contributed by atoms with van der Waals surface area (Å²) >= 11 is 6.45. The summed E-state index contributed by atoms with van der Waals surface area (Å²) < 4.78 is 11.6. The fourth-order valence-electron chi connectivity index (χ4n) is 3.09. The molecule has 0 aliphatic rings. The van der Waals surface area contributed by atoms with Gasteiger partial charge in [0.25, 0.3) is 5.91 Å². The third-order valence-corrected chi connectivity index (χ3v) is 4.92. The highest BCUT2D eigenvalue weighted by Crippen LogP contribution is 2.37. The number of carbonyl (C=O) groups is 2. The number of carbonyl (C=O) groups excluding carboxylic acids is 1. The second kappa shape index (κ2) is 11.7. The first-order chi connectivity index (χ1) is 16.0. The third-order valence-electron chi connectivity index (χ3n) is 4.64. The summed E-state index contributed by atoms with van der Waals surface area (Å²) in [6.45, 7) is 2.59. The molecule has 7 heteroatoms. The Bertz CT molecular complexity index is 1130. The largest absolute Gasteiger partial charge is 0.490 e. The van der Waals surface area contributed by atoms with E-state index in [9.17, 15) is 14.7 Å². The Morgan fingerprint density at radius 1 is 1.00 bits per heavy atom. The average Bonchev–Trinajstić information content (AvgIpc) is 2.81. The van der Waals surface area contributed by atoms with Crippen LogP contribution in [0.3, 0.4) is 0 Å². The van der Waals surface area contributed by atoms with Crippen LogP contribution in [0.4, 0.5) is 0 Å².